The van der Waals surface area contributed by atoms with Gasteiger partial charge in [-0.3, -0.25) is 30.3 Å². The van der Waals surface area contributed by atoms with Gasteiger partial charge in [0, 0.05) is 73.3 Å². The summed E-state index contributed by atoms with van der Waals surface area (Å²) in [5, 5.41) is 56.0. The summed E-state index contributed by atoms with van der Waals surface area (Å²) < 4.78 is 0. The van der Waals surface area contributed by atoms with Gasteiger partial charge in [-0.15, -0.1) is 0 Å². The number of aromatic carboxylic acids is 3. The Balaban J connectivity index is 0.000000518. The maximum atomic E-state index is 10.4. The quantitative estimate of drug-likeness (QED) is 0.249. The third kappa shape index (κ3) is 11.2. The van der Waals surface area contributed by atoms with E-state index in [0.29, 0.717) is 0 Å². The van der Waals surface area contributed by atoms with Crippen LogP contribution in [0.1, 0.15) is 31.1 Å². The topological polar surface area (TPSA) is 241 Å². The van der Waals surface area contributed by atoms with Gasteiger partial charge >= 0.3 is 17.9 Å². The predicted octanol–water partition coefficient (Wildman–Crippen LogP) is 3.88. The van der Waals surface area contributed by atoms with Gasteiger partial charge in [-0.2, -0.15) is 0 Å². The summed E-state index contributed by atoms with van der Waals surface area (Å²) in [6, 6.07) is 14.7. The van der Waals surface area contributed by atoms with E-state index >= 15 is 0 Å². The average molecular weight is 676 g/mol. The van der Waals surface area contributed by atoms with Crippen LogP contribution in [0.15, 0.2) is 72.8 Å². The SMILES string of the molecule is O=C(O)c1cccc([N+](=O)[O-])c1.O=C(O)c1cccc([N+](=O)[O-])c1.O=C(O)c1cccc([N+](=O)[O-])c1.[Lu]. The van der Waals surface area contributed by atoms with Crippen molar-refractivity contribution in [1.29, 1.82) is 0 Å². The van der Waals surface area contributed by atoms with Gasteiger partial charge in [0.2, 0.25) is 0 Å². The molecule has 201 valence electrons. The molecule has 0 saturated carbocycles. The van der Waals surface area contributed by atoms with Gasteiger partial charge in [-0.25, -0.2) is 14.4 Å². The molecule has 3 rings (SSSR count). The van der Waals surface area contributed by atoms with E-state index < -0.39 is 32.7 Å². The smallest absolute Gasteiger partial charge is 0.335 e. The van der Waals surface area contributed by atoms with Crippen molar-refractivity contribution < 1.29 is 81.3 Å². The minimum absolute atomic E-state index is 0. The molecule has 3 N–H and O–H groups in total. The number of hydrogen-bond donors (Lipinski definition) is 3. The molecule has 0 aliphatic rings. The Kier molecular flexibility index (Phi) is 13.6. The van der Waals surface area contributed by atoms with Crippen molar-refractivity contribution in [1.82, 2.24) is 0 Å². The van der Waals surface area contributed by atoms with E-state index in [0.717, 1.165) is 18.2 Å². The summed E-state index contributed by atoms with van der Waals surface area (Å²) in [6.07, 6.45) is 0. The van der Waals surface area contributed by atoms with E-state index in [9.17, 15) is 44.7 Å². The molecule has 0 aliphatic carbocycles. The number of rotatable bonds is 6. The van der Waals surface area contributed by atoms with Crippen molar-refractivity contribution in [2.24, 2.45) is 0 Å². The molecule has 15 nitrogen and oxygen atoms in total. The van der Waals surface area contributed by atoms with Crippen LogP contribution in [0, 0.1) is 67.2 Å². The number of nitro benzene ring substituents is 3. The third-order valence-electron chi connectivity index (χ3n) is 3.91. The van der Waals surface area contributed by atoms with Gasteiger partial charge in [-0.1, -0.05) is 18.2 Å². The molecule has 3 aromatic carbocycles. The van der Waals surface area contributed by atoms with Crippen LogP contribution in [0.5, 0.6) is 0 Å². The first kappa shape index (κ1) is 32.5. The molecule has 0 bridgehead atoms. The fraction of sp³-hybridized carbons (Fsp3) is 0. The van der Waals surface area contributed by atoms with Gasteiger partial charge in [0.25, 0.3) is 17.1 Å². The molecule has 0 saturated heterocycles. The Bertz CT molecular complexity index is 1080. The van der Waals surface area contributed by atoms with Crippen LogP contribution in [0.25, 0.3) is 0 Å². The standard InChI is InChI=1S/3C7H5NO4.Lu/c3*9-7(10)5-2-1-3-6(4-5)8(11)12;/h3*1-4H,(H,9,10);. The van der Waals surface area contributed by atoms with Gasteiger partial charge in [0.1, 0.15) is 0 Å². The fourth-order valence-corrected chi connectivity index (χ4v) is 2.26. The Morgan fingerprint density at radius 3 is 0.892 bits per heavy atom. The van der Waals surface area contributed by atoms with Gasteiger partial charge in [0.15, 0.2) is 0 Å². The van der Waals surface area contributed by atoms with Crippen LogP contribution in [0.3, 0.4) is 0 Å². The molecular formula is C21H15LuN3O12. The molecule has 1 radical (unpaired) electrons. The maximum absolute atomic E-state index is 10.4. The van der Waals surface area contributed by atoms with E-state index in [-0.39, 0.29) is 70.6 Å². The van der Waals surface area contributed by atoms with E-state index in [1.54, 1.807) is 0 Å². The maximum Gasteiger partial charge on any atom is 0.335 e. The molecule has 0 fully saturated rings. The Morgan fingerprint density at radius 1 is 0.514 bits per heavy atom. The van der Waals surface area contributed by atoms with Crippen molar-refractivity contribution in [3.05, 3.63) is 120 Å². The molecule has 0 aliphatic heterocycles. The van der Waals surface area contributed by atoms with Crippen LogP contribution < -0.4 is 0 Å². The monoisotopic (exact) mass is 676 g/mol. The largest absolute Gasteiger partial charge is 0.478 e. The Hall–Kier alpha value is -4.50. The molecule has 37 heavy (non-hydrogen) atoms. The number of nitrogens with zero attached hydrogens (tertiary/aromatic N) is 3. The summed E-state index contributed by atoms with van der Waals surface area (Å²) in [4.78, 5) is 59.7. The second-order valence-electron chi connectivity index (χ2n) is 6.34. The third-order valence-corrected chi connectivity index (χ3v) is 3.91. The normalized spacial score (nSPS) is 9.08. The second-order valence-corrected chi connectivity index (χ2v) is 6.34. The average Bonchev–Trinajstić information content (AvgIpc) is 2.85. The van der Waals surface area contributed by atoms with E-state index in [2.05, 4.69) is 0 Å². The van der Waals surface area contributed by atoms with Crippen LogP contribution >= 0.6 is 0 Å². The number of carboxylic acids is 3. The molecule has 0 amide bonds. The molecule has 0 aromatic heterocycles. The number of hydrogen-bond acceptors (Lipinski definition) is 9. The molecule has 16 heteroatoms. The number of nitro groups is 3. The zero-order valence-corrected chi connectivity index (χ0v) is 19.7. The Morgan fingerprint density at radius 2 is 0.730 bits per heavy atom. The predicted molar refractivity (Wildman–Crippen MR) is 120 cm³/mol. The van der Waals surface area contributed by atoms with Crippen LogP contribution in [0.2, 0.25) is 0 Å². The minimum Gasteiger partial charge on any atom is -0.478 e. The zero-order chi connectivity index (χ0) is 27.4. The van der Waals surface area contributed by atoms with Crippen LogP contribution in [-0.4, -0.2) is 48.0 Å². The van der Waals surface area contributed by atoms with Gasteiger partial charge < -0.3 is 15.3 Å². The van der Waals surface area contributed by atoms with Crippen molar-refractivity contribution >= 4 is 35.0 Å². The molecular weight excluding hydrogens is 661 g/mol. The first-order chi connectivity index (χ1) is 16.8. The summed E-state index contributed by atoms with van der Waals surface area (Å²) >= 11 is 0. The molecule has 0 atom stereocenters. The van der Waals surface area contributed by atoms with E-state index in [1.807, 2.05) is 0 Å². The van der Waals surface area contributed by atoms with Crippen molar-refractivity contribution in [3.8, 4) is 0 Å². The number of carboxylic acid groups (broad SMARTS) is 3. The van der Waals surface area contributed by atoms with Gasteiger partial charge in [-0.05, 0) is 18.2 Å². The van der Waals surface area contributed by atoms with E-state index in [1.165, 1.54) is 54.6 Å². The first-order valence-corrected chi connectivity index (χ1v) is 9.26. The molecule has 3 aromatic rings. The van der Waals surface area contributed by atoms with Gasteiger partial charge in [0.05, 0.1) is 31.5 Å². The molecule has 0 spiro atoms. The van der Waals surface area contributed by atoms with E-state index in [4.69, 9.17) is 15.3 Å². The number of benzene rings is 3. The second kappa shape index (κ2) is 15.5. The summed E-state index contributed by atoms with van der Waals surface area (Å²) in [7, 11) is 0. The first-order valence-electron chi connectivity index (χ1n) is 9.26. The summed E-state index contributed by atoms with van der Waals surface area (Å²) in [5.74, 6) is -3.50. The van der Waals surface area contributed by atoms with Crippen molar-refractivity contribution in [2.45, 2.75) is 0 Å². The summed E-state index contributed by atoms with van der Waals surface area (Å²) in [5.41, 5.74) is -0.877. The zero-order valence-electron chi connectivity index (χ0n) is 18.0. The molecule has 0 unspecified atom stereocenters. The number of non-ortho nitro benzene ring substituents is 3. The van der Waals surface area contributed by atoms with Crippen LogP contribution in [0.4, 0.5) is 17.1 Å². The Labute approximate surface area is 235 Å². The van der Waals surface area contributed by atoms with Crippen molar-refractivity contribution in [3.63, 3.8) is 0 Å². The number of carbonyl (C=O) groups is 3. The van der Waals surface area contributed by atoms with Crippen LogP contribution in [-0.2, 0) is 0 Å². The van der Waals surface area contributed by atoms with Crippen molar-refractivity contribution in [2.75, 3.05) is 0 Å². The summed E-state index contributed by atoms with van der Waals surface area (Å²) in [6.45, 7) is 0. The molecule has 0 heterocycles. The fourth-order valence-electron chi connectivity index (χ4n) is 2.26. The minimum atomic E-state index is -1.17.